The minimum absolute atomic E-state index is 0.1000. The van der Waals surface area contributed by atoms with Gasteiger partial charge in [-0.1, -0.05) is 6.92 Å². The minimum atomic E-state index is 0.1000. The summed E-state index contributed by atoms with van der Waals surface area (Å²) in [6.07, 6.45) is 2.96. The Labute approximate surface area is 124 Å². The van der Waals surface area contributed by atoms with Crippen LogP contribution in [0.25, 0.3) is 10.9 Å². The van der Waals surface area contributed by atoms with Crippen LogP contribution >= 0.6 is 0 Å². The van der Waals surface area contributed by atoms with Gasteiger partial charge in [-0.25, -0.2) is 0 Å². The first-order valence-corrected chi connectivity index (χ1v) is 7.57. The number of nitrogens with one attached hydrogen (secondary N) is 1. The first-order valence-electron chi connectivity index (χ1n) is 7.57. The van der Waals surface area contributed by atoms with Crippen LogP contribution in [-0.4, -0.2) is 53.4 Å². The number of rotatable bonds is 3. The summed E-state index contributed by atoms with van der Waals surface area (Å²) in [5, 5.41) is 0.913. The van der Waals surface area contributed by atoms with Crippen LogP contribution in [0.15, 0.2) is 24.4 Å². The third-order valence-electron chi connectivity index (χ3n) is 4.14. The number of hydrogen-bond donors (Lipinski definition) is 2. The topological polar surface area (TPSA) is 65.4 Å². The summed E-state index contributed by atoms with van der Waals surface area (Å²) in [5.41, 5.74) is 8.20. The number of H-pyrrole nitrogens is 1. The van der Waals surface area contributed by atoms with E-state index in [4.69, 9.17) is 5.73 Å². The third kappa shape index (κ3) is 2.74. The van der Waals surface area contributed by atoms with Gasteiger partial charge in [-0.05, 0) is 31.2 Å². The van der Waals surface area contributed by atoms with E-state index in [1.807, 2.05) is 23.1 Å². The van der Waals surface area contributed by atoms with E-state index in [2.05, 4.69) is 16.8 Å². The second kappa shape index (κ2) is 5.77. The fourth-order valence-corrected chi connectivity index (χ4v) is 2.98. The normalized spacial score (nSPS) is 16.5. The quantitative estimate of drug-likeness (QED) is 0.847. The highest BCUT2D eigenvalue weighted by Gasteiger charge is 2.23. The maximum atomic E-state index is 12.7. The van der Waals surface area contributed by atoms with Gasteiger partial charge in [0.05, 0.1) is 5.56 Å². The van der Waals surface area contributed by atoms with Crippen LogP contribution in [0.4, 0.5) is 5.69 Å². The van der Waals surface area contributed by atoms with E-state index < -0.39 is 0 Å². The maximum absolute atomic E-state index is 12.7. The van der Waals surface area contributed by atoms with Crippen molar-refractivity contribution in [3.8, 4) is 0 Å². The first-order chi connectivity index (χ1) is 10.2. The van der Waals surface area contributed by atoms with Crippen molar-refractivity contribution in [1.82, 2.24) is 14.8 Å². The second-order valence-corrected chi connectivity index (χ2v) is 5.64. The molecule has 21 heavy (non-hydrogen) atoms. The summed E-state index contributed by atoms with van der Waals surface area (Å²) >= 11 is 0. The minimum Gasteiger partial charge on any atom is -0.399 e. The molecule has 0 aliphatic carbocycles. The van der Waals surface area contributed by atoms with Crippen molar-refractivity contribution in [2.75, 3.05) is 38.5 Å². The van der Waals surface area contributed by atoms with Crippen LogP contribution in [0.3, 0.4) is 0 Å². The van der Waals surface area contributed by atoms with Gasteiger partial charge < -0.3 is 15.6 Å². The average molecular weight is 286 g/mol. The number of nitrogen functional groups attached to an aromatic ring is 1. The molecule has 2 heterocycles. The fourth-order valence-electron chi connectivity index (χ4n) is 2.98. The summed E-state index contributed by atoms with van der Waals surface area (Å²) < 4.78 is 0. The van der Waals surface area contributed by atoms with Gasteiger partial charge in [0.25, 0.3) is 5.91 Å². The fraction of sp³-hybridized carbons (Fsp3) is 0.438. The number of anilines is 1. The van der Waals surface area contributed by atoms with E-state index in [9.17, 15) is 4.79 Å². The van der Waals surface area contributed by atoms with Crippen molar-refractivity contribution in [3.05, 3.63) is 30.0 Å². The van der Waals surface area contributed by atoms with Gasteiger partial charge in [0.2, 0.25) is 0 Å². The summed E-state index contributed by atoms with van der Waals surface area (Å²) in [6, 6.07) is 5.63. The molecule has 0 bridgehead atoms. The lowest BCUT2D eigenvalue weighted by molar-refractivity contribution is 0.0639. The molecule has 5 heteroatoms. The Bertz CT molecular complexity index is 641. The highest BCUT2D eigenvalue weighted by Crippen LogP contribution is 2.22. The lowest BCUT2D eigenvalue weighted by Crippen LogP contribution is -2.48. The zero-order valence-corrected chi connectivity index (χ0v) is 12.4. The molecular weight excluding hydrogens is 264 g/mol. The SMILES string of the molecule is CCCN1CCN(C(=O)c2c[nH]c3ccc(N)cc23)CC1. The predicted molar refractivity (Wildman–Crippen MR) is 85.3 cm³/mol. The Morgan fingerprint density at radius 3 is 2.76 bits per heavy atom. The van der Waals surface area contributed by atoms with Crippen LogP contribution in [-0.2, 0) is 0 Å². The van der Waals surface area contributed by atoms with Crippen molar-refractivity contribution in [2.24, 2.45) is 0 Å². The van der Waals surface area contributed by atoms with Crippen molar-refractivity contribution in [3.63, 3.8) is 0 Å². The lowest BCUT2D eigenvalue weighted by atomic mass is 10.1. The van der Waals surface area contributed by atoms with Crippen molar-refractivity contribution in [2.45, 2.75) is 13.3 Å². The van der Waals surface area contributed by atoms with Crippen LogP contribution in [0.2, 0.25) is 0 Å². The number of carbonyl (C=O) groups excluding carboxylic acids is 1. The molecule has 0 atom stereocenters. The van der Waals surface area contributed by atoms with Gasteiger partial charge in [-0.3, -0.25) is 9.69 Å². The number of aromatic nitrogens is 1. The second-order valence-electron chi connectivity index (χ2n) is 5.64. The number of amides is 1. The van der Waals surface area contributed by atoms with E-state index in [1.54, 1.807) is 6.20 Å². The molecule has 0 spiro atoms. The zero-order chi connectivity index (χ0) is 14.8. The number of benzene rings is 1. The summed E-state index contributed by atoms with van der Waals surface area (Å²) in [4.78, 5) is 20.2. The lowest BCUT2D eigenvalue weighted by Gasteiger charge is -2.34. The molecule has 1 aromatic carbocycles. The van der Waals surface area contributed by atoms with E-state index in [-0.39, 0.29) is 5.91 Å². The summed E-state index contributed by atoms with van der Waals surface area (Å²) in [7, 11) is 0. The standard InChI is InChI=1S/C16H22N4O/c1-2-5-19-6-8-20(9-7-19)16(21)14-11-18-15-4-3-12(17)10-13(14)15/h3-4,10-11,18H,2,5-9,17H2,1H3. The van der Waals surface area contributed by atoms with Crippen LogP contribution < -0.4 is 5.73 Å². The molecule has 2 aromatic rings. The van der Waals surface area contributed by atoms with E-state index >= 15 is 0 Å². The first kappa shape index (κ1) is 13.9. The average Bonchev–Trinajstić information content (AvgIpc) is 2.90. The number of hydrogen-bond acceptors (Lipinski definition) is 3. The van der Waals surface area contributed by atoms with Crippen LogP contribution in [0.5, 0.6) is 0 Å². The number of nitrogens with zero attached hydrogens (tertiary/aromatic N) is 2. The van der Waals surface area contributed by atoms with Gasteiger partial charge in [-0.15, -0.1) is 0 Å². The Kier molecular flexibility index (Phi) is 3.84. The van der Waals surface area contributed by atoms with Gasteiger partial charge in [0, 0.05) is 49.0 Å². The van der Waals surface area contributed by atoms with E-state index in [0.717, 1.165) is 55.6 Å². The Balaban J connectivity index is 1.77. The van der Waals surface area contributed by atoms with Gasteiger partial charge >= 0.3 is 0 Å². The maximum Gasteiger partial charge on any atom is 0.256 e. The van der Waals surface area contributed by atoms with Crippen LogP contribution in [0, 0.1) is 0 Å². The van der Waals surface area contributed by atoms with Crippen LogP contribution in [0.1, 0.15) is 23.7 Å². The number of fused-ring (bicyclic) bond motifs is 1. The summed E-state index contributed by atoms with van der Waals surface area (Å²) in [6.45, 7) is 6.83. The van der Waals surface area contributed by atoms with Gasteiger partial charge in [0.1, 0.15) is 0 Å². The molecule has 1 saturated heterocycles. The molecule has 1 aliphatic heterocycles. The molecule has 1 amide bonds. The highest BCUT2D eigenvalue weighted by molar-refractivity contribution is 6.07. The largest absolute Gasteiger partial charge is 0.399 e. The molecular formula is C16H22N4O. The number of piperazine rings is 1. The smallest absolute Gasteiger partial charge is 0.256 e. The number of carbonyl (C=O) groups is 1. The number of aromatic amines is 1. The monoisotopic (exact) mass is 286 g/mol. The molecule has 1 fully saturated rings. The zero-order valence-electron chi connectivity index (χ0n) is 12.4. The van der Waals surface area contributed by atoms with Gasteiger partial charge in [0.15, 0.2) is 0 Å². The Morgan fingerprint density at radius 2 is 2.05 bits per heavy atom. The molecule has 0 radical (unpaired) electrons. The molecule has 112 valence electrons. The Morgan fingerprint density at radius 1 is 1.29 bits per heavy atom. The van der Waals surface area contributed by atoms with Crippen molar-refractivity contribution >= 4 is 22.5 Å². The van der Waals surface area contributed by atoms with E-state index in [1.165, 1.54) is 0 Å². The Hall–Kier alpha value is -2.01. The van der Waals surface area contributed by atoms with Crippen molar-refractivity contribution in [1.29, 1.82) is 0 Å². The summed E-state index contributed by atoms with van der Waals surface area (Å²) in [5.74, 6) is 0.1000. The number of nitrogens with two attached hydrogens (primary N) is 1. The van der Waals surface area contributed by atoms with Gasteiger partial charge in [-0.2, -0.15) is 0 Å². The molecule has 5 nitrogen and oxygen atoms in total. The predicted octanol–water partition coefficient (Wildman–Crippen LogP) is 1.92. The van der Waals surface area contributed by atoms with Crippen molar-refractivity contribution < 1.29 is 4.79 Å². The third-order valence-corrected chi connectivity index (χ3v) is 4.14. The molecule has 0 unspecified atom stereocenters. The molecule has 1 aromatic heterocycles. The highest BCUT2D eigenvalue weighted by atomic mass is 16.2. The van der Waals surface area contributed by atoms with E-state index in [0.29, 0.717) is 5.69 Å². The molecule has 0 saturated carbocycles. The molecule has 3 rings (SSSR count). The molecule has 1 aliphatic rings. The molecule has 3 N–H and O–H groups in total.